The number of ether oxygens (including phenoxy) is 2. The number of unbranched alkanes of at least 4 members (excludes halogenated alkanes) is 1. The van der Waals surface area contributed by atoms with E-state index in [1.165, 1.54) is 7.11 Å². The van der Waals surface area contributed by atoms with Gasteiger partial charge < -0.3 is 23.8 Å². The zero-order valence-corrected chi connectivity index (χ0v) is 22.6. The van der Waals surface area contributed by atoms with Crippen LogP contribution in [-0.4, -0.2) is 78.6 Å². The first-order chi connectivity index (χ1) is 18.8. The number of rotatable bonds is 12. The van der Waals surface area contributed by atoms with Crippen molar-refractivity contribution in [1.29, 1.82) is 0 Å². The molecule has 0 unspecified atom stereocenters. The first-order valence-corrected chi connectivity index (χ1v) is 13.1. The van der Waals surface area contributed by atoms with Crippen molar-refractivity contribution in [2.45, 2.75) is 45.2 Å². The Kier molecular flexibility index (Phi) is 9.21. The van der Waals surface area contributed by atoms with Crippen LogP contribution in [0.3, 0.4) is 0 Å². The molecule has 0 atom stereocenters. The lowest BCUT2D eigenvalue weighted by Gasteiger charge is -2.36. The molecule has 0 aliphatic carbocycles. The van der Waals surface area contributed by atoms with Gasteiger partial charge in [-0.15, -0.1) is 0 Å². The monoisotopic (exact) mass is 543 g/mol. The molecule has 0 radical (unpaired) electrons. The van der Waals surface area contributed by atoms with Crippen LogP contribution >= 0.6 is 0 Å². The minimum Gasteiger partial charge on any atom is -0.493 e. The van der Waals surface area contributed by atoms with Crippen LogP contribution in [0, 0.1) is 0 Å². The number of urea groups is 1. The molecule has 0 bridgehead atoms. The molecule has 3 amide bonds. The first kappa shape index (κ1) is 28.1. The number of anilines is 1. The summed E-state index contributed by atoms with van der Waals surface area (Å²) in [6, 6.07) is 9.04. The quantitative estimate of drug-likeness (QED) is 0.307. The third-order valence-corrected chi connectivity index (χ3v) is 6.76. The number of hydrogen-bond donors (Lipinski definition) is 0. The SMILES string of the molecule is COc1ccc(N2CCCN(Cc3ccnc4c3ccn4CC(=O)N(C)C)C2=O)cc1OCCCCC(F)F. The van der Waals surface area contributed by atoms with E-state index in [1.807, 2.05) is 29.0 Å². The Morgan fingerprint density at radius 3 is 2.69 bits per heavy atom. The highest BCUT2D eigenvalue weighted by Gasteiger charge is 2.28. The normalized spacial score (nSPS) is 13.8. The molecule has 0 saturated carbocycles. The molecule has 2 aromatic heterocycles. The second-order valence-electron chi connectivity index (χ2n) is 9.72. The summed E-state index contributed by atoms with van der Waals surface area (Å²) in [5.41, 5.74) is 2.34. The predicted octanol–water partition coefficient (Wildman–Crippen LogP) is 4.78. The Balaban J connectivity index is 1.47. The zero-order valence-electron chi connectivity index (χ0n) is 22.6. The molecule has 1 aromatic carbocycles. The molecular formula is C28H35F2N5O4. The van der Waals surface area contributed by atoms with Crippen LogP contribution in [-0.2, 0) is 17.9 Å². The van der Waals surface area contributed by atoms with E-state index >= 15 is 0 Å². The van der Waals surface area contributed by atoms with Gasteiger partial charge in [0.1, 0.15) is 12.2 Å². The molecule has 9 nitrogen and oxygen atoms in total. The molecule has 1 aliphatic heterocycles. The van der Waals surface area contributed by atoms with E-state index in [9.17, 15) is 18.4 Å². The van der Waals surface area contributed by atoms with Crippen LogP contribution in [0.5, 0.6) is 11.5 Å². The number of halogens is 2. The van der Waals surface area contributed by atoms with E-state index in [2.05, 4.69) is 4.98 Å². The summed E-state index contributed by atoms with van der Waals surface area (Å²) in [7, 11) is 4.97. The van der Waals surface area contributed by atoms with Gasteiger partial charge in [0.25, 0.3) is 0 Å². The summed E-state index contributed by atoms with van der Waals surface area (Å²) in [6.07, 6.45) is 2.74. The van der Waals surface area contributed by atoms with Gasteiger partial charge in [-0.25, -0.2) is 18.6 Å². The van der Waals surface area contributed by atoms with Crippen molar-refractivity contribution in [2.24, 2.45) is 0 Å². The van der Waals surface area contributed by atoms with Crippen molar-refractivity contribution in [3.05, 3.63) is 48.3 Å². The molecule has 3 heterocycles. The fourth-order valence-electron chi connectivity index (χ4n) is 4.60. The van der Waals surface area contributed by atoms with Crippen LogP contribution in [0.4, 0.5) is 19.3 Å². The van der Waals surface area contributed by atoms with Gasteiger partial charge >= 0.3 is 6.03 Å². The first-order valence-electron chi connectivity index (χ1n) is 13.1. The van der Waals surface area contributed by atoms with Crippen LogP contribution in [0.15, 0.2) is 42.7 Å². The molecular weight excluding hydrogens is 508 g/mol. The number of aromatic nitrogens is 2. The standard InChI is InChI=1S/C28H35F2N5O4/c1-32(2)26(36)19-33-15-11-22-20(10-12-31-27(22)33)18-34-13-6-14-35(28(34)37)21-8-9-23(38-3)24(17-21)39-16-5-4-7-25(29)30/h8-12,15,17,25H,4-7,13-14,16,18-19H2,1-3H3. The highest BCUT2D eigenvalue weighted by Crippen LogP contribution is 2.34. The van der Waals surface area contributed by atoms with E-state index in [1.54, 1.807) is 47.1 Å². The van der Waals surface area contributed by atoms with Crippen molar-refractivity contribution in [3.63, 3.8) is 0 Å². The van der Waals surface area contributed by atoms with Crippen LogP contribution < -0.4 is 14.4 Å². The average molecular weight is 544 g/mol. The second kappa shape index (κ2) is 12.8. The van der Waals surface area contributed by atoms with Gasteiger partial charge in [0, 0.05) is 69.7 Å². The average Bonchev–Trinajstić information content (AvgIpc) is 3.33. The van der Waals surface area contributed by atoms with E-state index in [-0.39, 0.29) is 31.5 Å². The third kappa shape index (κ3) is 6.76. The maximum atomic E-state index is 13.6. The van der Waals surface area contributed by atoms with Gasteiger partial charge in [0.05, 0.1) is 13.7 Å². The Morgan fingerprint density at radius 1 is 1.13 bits per heavy atom. The maximum Gasteiger partial charge on any atom is 0.324 e. The van der Waals surface area contributed by atoms with E-state index in [0.29, 0.717) is 55.3 Å². The van der Waals surface area contributed by atoms with Gasteiger partial charge in [0.2, 0.25) is 12.3 Å². The molecule has 0 spiro atoms. The minimum atomic E-state index is -2.31. The summed E-state index contributed by atoms with van der Waals surface area (Å²) in [4.78, 5) is 35.3. The number of methoxy groups -OCH3 is 1. The molecule has 1 aliphatic rings. The van der Waals surface area contributed by atoms with Crippen molar-refractivity contribution in [3.8, 4) is 11.5 Å². The lowest BCUT2D eigenvalue weighted by atomic mass is 10.1. The Hall–Kier alpha value is -3.89. The van der Waals surface area contributed by atoms with Crippen LogP contribution in [0.1, 0.15) is 31.2 Å². The van der Waals surface area contributed by atoms with E-state index in [0.717, 1.165) is 17.4 Å². The van der Waals surface area contributed by atoms with E-state index < -0.39 is 6.43 Å². The molecule has 39 heavy (non-hydrogen) atoms. The fraction of sp³-hybridized carbons (Fsp3) is 0.464. The third-order valence-electron chi connectivity index (χ3n) is 6.76. The topological polar surface area (TPSA) is 80.1 Å². The minimum absolute atomic E-state index is 0.0300. The van der Waals surface area contributed by atoms with Gasteiger partial charge in [-0.05, 0) is 49.1 Å². The number of hydrogen-bond acceptors (Lipinski definition) is 5. The van der Waals surface area contributed by atoms with Gasteiger partial charge in [0.15, 0.2) is 11.5 Å². The molecule has 4 rings (SSSR count). The Labute approximate surface area is 226 Å². The molecule has 0 N–H and O–H groups in total. The summed E-state index contributed by atoms with van der Waals surface area (Å²) in [5.74, 6) is 0.962. The smallest absolute Gasteiger partial charge is 0.324 e. The number of carbonyl (C=O) groups is 2. The molecule has 1 saturated heterocycles. The zero-order chi connectivity index (χ0) is 27.9. The summed E-state index contributed by atoms with van der Waals surface area (Å²) < 4.78 is 37.8. The summed E-state index contributed by atoms with van der Waals surface area (Å²) >= 11 is 0. The maximum absolute atomic E-state index is 13.6. The Bertz CT molecular complexity index is 1300. The van der Waals surface area contributed by atoms with Crippen molar-refractivity contribution >= 4 is 28.7 Å². The van der Waals surface area contributed by atoms with E-state index in [4.69, 9.17) is 9.47 Å². The lowest BCUT2D eigenvalue weighted by molar-refractivity contribution is -0.129. The highest BCUT2D eigenvalue weighted by molar-refractivity contribution is 5.93. The van der Waals surface area contributed by atoms with Crippen LogP contribution in [0.25, 0.3) is 11.0 Å². The molecule has 3 aromatic rings. The van der Waals surface area contributed by atoms with Crippen molar-refractivity contribution in [1.82, 2.24) is 19.4 Å². The number of pyridine rings is 1. The number of alkyl halides is 2. The summed E-state index contributed by atoms with van der Waals surface area (Å²) in [5, 5.41) is 0.904. The number of amides is 3. The highest BCUT2D eigenvalue weighted by atomic mass is 19.3. The molecule has 210 valence electrons. The fourth-order valence-corrected chi connectivity index (χ4v) is 4.60. The van der Waals surface area contributed by atoms with Gasteiger partial charge in [-0.2, -0.15) is 0 Å². The Morgan fingerprint density at radius 2 is 1.95 bits per heavy atom. The number of nitrogens with zero attached hydrogens (tertiary/aromatic N) is 5. The van der Waals surface area contributed by atoms with Gasteiger partial charge in [-0.3, -0.25) is 9.69 Å². The van der Waals surface area contributed by atoms with Crippen molar-refractivity contribution in [2.75, 3.05) is 45.8 Å². The summed E-state index contributed by atoms with van der Waals surface area (Å²) in [6.45, 7) is 2.05. The molecule has 1 fully saturated rings. The lowest BCUT2D eigenvalue weighted by Crippen LogP contribution is -2.49. The number of fused-ring (bicyclic) bond motifs is 1. The predicted molar refractivity (Wildman–Crippen MR) is 145 cm³/mol. The van der Waals surface area contributed by atoms with Gasteiger partial charge in [-0.1, -0.05) is 0 Å². The largest absolute Gasteiger partial charge is 0.493 e. The van der Waals surface area contributed by atoms with Crippen molar-refractivity contribution < 1.29 is 27.8 Å². The number of benzene rings is 1. The second-order valence-corrected chi connectivity index (χ2v) is 9.72. The number of likely N-dealkylation sites (N-methyl/N-ethyl adjacent to an activating group) is 1. The molecule has 11 heteroatoms. The number of carbonyl (C=O) groups excluding carboxylic acids is 2. The van der Waals surface area contributed by atoms with Crippen LogP contribution in [0.2, 0.25) is 0 Å².